The molecule has 2 saturated heterocycles. The Morgan fingerprint density at radius 3 is 2.79 bits per heavy atom. The summed E-state index contributed by atoms with van der Waals surface area (Å²) in [5, 5.41) is 10.1. The van der Waals surface area contributed by atoms with Crippen LogP contribution < -0.4 is 4.90 Å². The van der Waals surface area contributed by atoms with Crippen molar-refractivity contribution in [3.8, 4) is 0 Å². The van der Waals surface area contributed by atoms with E-state index in [0.717, 1.165) is 5.56 Å². The van der Waals surface area contributed by atoms with Gasteiger partial charge in [0, 0.05) is 13.1 Å². The zero-order chi connectivity index (χ0) is 23.3. The van der Waals surface area contributed by atoms with Crippen molar-refractivity contribution in [3.63, 3.8) is 0 Å². The Kier molecular flexibility index (Phi) is 5.55. The fourth-order valence-electron chi connectivity index (χ4n) is 5.62. The number of rotatable bonds is 3. The van der Waals surface area contributed by atoms with E-state index < -0.39 is 41.5 Å². The Morgan fingerprint density at radius 1 is 1.21 bits per heavy atom. The van der Waals surface area contributed by atoms with E-state index in [2.05, 4.69) is 0 Å². The smallest absolute Gasteiger partial charge is 0.312 e. The Balaban J connectivity index is 1.64. The number of carbonyl (C=O) groups excluding carboxylic acids is 3. The molecule has 1 aromatic carbocycles. The summed E-state index contributed by atoms with van der Waals surface area (Å²) in [5.74, 6) is -3.07. The van der Waals surface area contributed by atoms with Gasteiger partial charge in [-0.15, -0.1) is 0 Å². The molecule has 4 aliphatic rings. The molecule has 0 saturated carbocycles. The van der Waals surface area contributed by atoms with Gasteiger partial charge in [0.25, 0.3) is 5.91 Å². The van der Waals surface area contributed by atoms with Crippen molar-refractivity contribution >= 4 is 35.1 Å². The number of hydrogen-bond acceptors (Lipinski definition) is 6. The quantitative estimate of drug-likeness (QED) is 0.530. The molecule has 4 heterocycles. The molecule has 0 aliphatic carbocycles. The van der Waals surface area contributed by atoms with Crippen LogP contribution in [0.15, 0.2) is 42.5 Å². The molecule has 4 aliphatic heterocycles. The van der Waals surface area contributed by atoms with Gasteiger partial charge in [0.15, 0.2) is 0 Å². The van der Waals surface area contributed by atoms with Crippen LogP contribution in [-0.2, 0) is 23.9 Å². The lowest BCUT2D eigenvalue weighted by Gasteiger charge is -2.35. The average molecular weight is 473 g/mol. The summed E-state index contributed by atoms with van der Waals surface area (Å²) in [7, 11) is 0. The van der Waals surface area contributed by atoms with Crippen molar-refractivity contribution < 1.29 is 29.0 Å². The lowest BCUT2D eigenvalue weighted by Crippen LogP contribution is -2.56. The molecule has 2 amide bonds. The maximum Gasteiger partial charge on any atom is 0.312 e. The number of para-hydroxylation sites is 1. The van der Waals surface area contributed by atoms with Crippen LogP contribution in [0.25, 0.3) is 0 Å². The van der Waals surface area contributed by atoms with Crippen molar-refractivity contribution in [2.75, 3.05) is 31.2 Å². The van der Waals surface area contributed by atoms with Crippen LogP contribution in [0.4, 0.5) is 5.69 Å². The number of carbonyl (C=O) groups is 3. The first-order valence-electron chi connectivity index (χ1n) is 11.1. The van der Waals surface area contributed by atoms with Crippen LogP contribution in [0, 0.1) is 18.8 Å². The van der Waals surface area contributed by atoms with Crippen molar-refractivity contribution in [2.45, 2.75) is 31.1 Å². The number of β-amino-alcohol motifs (C(OH)–C–C–N with tert-alkyl or cyclic N) is 1. The minimum Gasteiger partial charge on any atom is -0.465 e. The second-order valence-electron chi connectivity index (χ2n) is 8.74. The summed E-state index contributed by atoms with van der Waals surface area (Å²) >= 11 is 6.47. The molecular weight excluding hydrogens is 448 g/mol. The Bertz CT molecular complexity index is 1050. The van der Waals surface area contributed by atoms with Gasteiger partial charge in [0.05, 0.1) is 35.9 Å². The molecule has 9 heteroatoms. The SMILES string of the molecule is Cc1cccc(Cl)c1N1CC=C[C@]23O[C@H]4C=CCCOC(=O)[C@H]4[C@H]2C(=O)N(CCO)C3C1=O. The predicted octanol–water partition coefficient (Wildman–Crippen LogP) is 1.63. The number of halogens is 1. The van der Waals surface area contributed by atoms with E-state index in [-0.39, 0.29) is 32.2 Å². The van der Waals surface area contributed by atoms with Crippen molar-refractivity contribution in [1.82, 2.24) is 4.90 Å². The fraction of sp³-hybridized carbons (Fsp3) is 0.458. The Morgan fingerprint density at radius 2 is 2.03 bits per heavy atom. The number of aliphatic hydroxyl groups is 1. The zero-order valence-corrected chi connectivity index (χ0v) is 18.9. The van der Waals surface area contributed by atoms with Crippen LogP contribution in [-0.4, -0.2) is 71.8 Å². The van der Waals surface area contributed by atoms with E-state index in [9.17, 15) is 19.5 Å². The summed E-state index contributed by atoms with van der Waals surface area (Å²) < 4.78 is 11.8. The molecule has 2 fully saturated rings. The number of esters is 1. The molecule has 1 aromatic rings. The summed E-state index contributed by atoms with van der Waals surface area (Å²) in [6.45, 7) is 1.94. The largest absolute Gasteiger partial charge is 0.465 e. The highest BCUT2D eigenvalue weighted by molar-refractivity contribution is 6.34. The maximum absolute atomic E-state index is 14.1. The highest BCUT2D eigenvalue weighted by Gasteiger charge is 2.71. The van der Waals surface area contributed by atoms with Gasteiger partial charge in [-0.25, -0.2) is 0 Å². The van der Waals surface area contributed by atoms with Crippen LogP contribution in [0.3, 0.4) is 0 Å². The minimum absolute atomic E-state index is 0.0533. The monoisotopic (exact) mass is 472 g/mol. The van der Waals surface area contributed by atoms with Gasteiger partial charge >= 0.3 is 5.97 Å². The molecule has 174 valence electrons. The normalized spacial score (nSPS) is 33.2. The molecule has 0 bridgehead atoms. The molecule has 1 N–H and O–H groups in total. The lowest BCUT2D eigenvalue weighted by molar-refractivity contribution is -0.154. The second-order valence-corrected chi connectivity index (χ2v) is 9.15. The molecule has 33 heavy (non-hydrogen) atoms. The first-order chi connectivity index (χ1) is 15.9. The first-order valence-corrected chi connectivity index (χ1v) is 11.4. The molecule has 1 spiro atoms. The summed E-state index contributed by atoms with van der Waals surface area (Å²) in [6.07, 6.45) is 7.06. The van der Waals surface area contributed by atoms with E-state index in [1.165, 1.54) is 4.90 Å². The molecule has 5 rings (SSSR count). The molecular formula is C24H25ClN2O6. The highest BCUT2D eigenvalue weighted by Crippen LogP contribution is 2.53. The van der Waals surface area contributed by atoms with Gasteiger partial charge in [-0.1, -0.05) is 48.0 Å². The van der Waals surface area contributed by atoms with Gasteiger partial charge in [-0.3, -0.25) is 14.4 Å². The lowest BCUT2D eigenvalue weighted by atomic mass is 9.77. The summed E-state index contributed by atoms with van der Waals surface area (Å²) in [5.41, 5.74) is 0.0281. The van der Waals surface area contributed by atoms with E-state index in [4.69, 9.17) is 21.1 Å². The summed E-state index contributed by atoms with van der Waals surface area (Å²) in [6, 6.07) is 4.33. The number of aryl methyl sites for hydroxylation is 1. The molecule has 8 nitrogen and oxygen atoms in total. The fourth-order valence-corrected chi connectivity index (χ4v) is 5.94. The van der Waals surface area contributed by atoms with Gasteiger partial charge in [-0.05, 0) is 25.0 Å². The van der Waals surface area contributed by atoms with Crippen LogP contribution in [0.1, 0.15) is 12.0 Å². The standard InChI is InChI=1S/C24H25ClN2O6/c1-14-6-4-7-15(25)19(14)26-10-5-9-24-18(21(29)27(11-12-28)20(24)22(26)30)17-16(33-24)8-2-3-13-32-23(17)31/h2,4-9,16-18,20,28H,3,10-13H2,1H3/t16-,17+,18-,20?,24-/m0/s1. The maximum atomic E-state index is 14.1. The highest BCUT2D eigenvalue weighted by atomic mass is 35.5. The average Bonchev–Trinajstić information content (AvgIpc) is 3.14. The number of cyclic esters (lactones) is 1. The minimum atomic E-state index is -1.35. The second kappa shape index (κ2) is 8.27. The summed E-state index contributed by atoms with van der Waals surface area (Å²) in [4.78, 5) is 43.5. The number of aliphatic hydroxyl groups excluding tert-OH is 1. The van der Waals surface area contributed by atoms with E-state index in [1.54, 1.807) is 29.2 Å². The molecule has 0 aromatic heterocycles. The number of likely N-dealkylation sites (tertiary alicyclic amines) is 1. The zero-order valence-electron chi connectivity index (χ0n) is 18.1. The number of hydrogen-bond donors (Lipinski definition) is 1. The van der Waals surface area contributed by atoms with Gasteiger partial charge in [-0.2, -0.15) is 0 Å². The van der Waals surface area contributed by atoms with Gasteiger partial charge in [0.1, 0.15) is 17.6 Å². The predicted molar refractivity (Wildman–Crippen MR) is 120 cm³/mol. The number of fused-ring (bicyclic) bond motifs is 2. The third kappa shape index (κ3) is 3.23. The van der Waals surface area contributed by atoms with Crippen molar-refractivity contribution in [3.05, 3.63) is 53.1 Å². The number of nitrogens with zero attached hydrogens (tertiary/aromatic N) is 2. The number of benzene rings is 1. The number of ether oxygens (including phenoxy) is 2. The first kappa shape index (κ1) is 22.1. The molecule has 0 radical (unpaired) electrons. The van der Waals surface area contributed by atoms with Crippen molar-refractivity contribution in [1.29, 1.82) is 0 Å². The van der Waals surface area contributed by atoms with E-state index in [1.807, 2.05) is 25.1 Å². The Labute approximate surface area is 196 Å². The van der Waals surface area contributed by atoms with E-state index in [0.29, 0.717) is 17.1 Å². The van der Waals surface area contributed by atoms with Crippen LogP contribution >= 0.6 is 11.6 Å². The van der Waals surface area contributed by atoms with Gasteiger partial charge < -0.3 is 24.4 Å². The number of amides is 2. The van der Waals surface area contributed by atoms with Crippen molar-refractivity contribution in [2.24, 2.45) is 11.8 Å². The van der Waals surface area contributed by atoms with Crippen LogP contribution in [0.2, 0.25) is 5.02 Å². The topological polar surface area (TPSA) is 96.4 Å². The Hall–Kier alpha value is -2.68. The van der Waals surface area contributed by atoms with E-state index >= 15 is 0 Å². The number of anilines is 1. The third-order valence-electron chi connectivity index (χ3n) is 6.92. The third-order valence-corrected chi connectivity index (χ3v) is 7.22. The molecule has 5 atom stereocenters. The van der Waals surface area contributed by atoms with Gasteiger partial charge in [0.2, 0.25) is 5.91 Å². The van der Waals surface area contributed by atoms with Crippen LogP contribution in [0.5, 0.6) is 0 Å². The molecule has 1 unspecified atom stereocenters.